The topological polar surface area (TPSA) is 134 Å². The zero-order valence-corrected chi connectivity index (χ0v) is 14.5. The van der Waals surface area contributed by atoms with Crippen molar-refractivity contribution in [1.82, 2.24) is 0 Å². The van der Waals surface area contributed by atoms with E-state index in [2.05, 4.69) is 9.98 Å². The highest BCUT2D eigenvalue weighted by molar-refractivity contribution is 6.23. The molecule has 0 spiro atoms. The Bertz CT molecular complexity index is 682. The molecule has 0 aromatic heterocycles. The summed E-state index contributed by atoms with van der Waals surface area (Å²) in [6.45, 7) is 1.74. The van der Waals surface area contributed by atoms with Crippen LogP contribution >= 0.6 is 0 Å². The molecule has 0 saturated heterocycles. The third-order valence-corrected chi connectivity index (χ3v) is 3.45. The van der Waals surface area contributed by atoms with E-state index in [1.165, 1.54) is 21.3 Å². The van der Waals surface area contributed by atoms with Crippen molar-refractivity contribution >= 4 is 17.8 Å². The monoisotopic (exact) mass is 350 g/mol. The summed E-state index contributed by atoms with van der Waals surface area (Å²) in [7, 11) is 4.54. The average molecular weight is 350 g/mol. The van der Waals surface area contributed by atoms with Crippen LogP contribution in [0.5, 0.6) is 17.2 Å². The molecule has 136 valence electrons. The number of aliphatic imine (C=N–C) groups is 2. The largest absolute Gasteiger partial charge is 0.493 e. The van der Waals surface area contributed by atoms with Crippen LogP contribution in [0.2, 0.25) is 0 Å². The summed E-state index contributed by atoms with van der Waals surface area (Å²) in [6.07, 6.45) is 0.191. The predicted molar refractivity (Wildman–Crippen MR) is 94.3 cm³/mol. The summed E-state index contributed by atoms with van der Waals surface area (Å²) in [5.74, 6) is 1.05. The second-order valence-corrected chi connectivity index (χ2v) is 5.11. The van der Waals surface area contributed by atoms with Crippen molar-refractivity contribution in [1.29, 1.82) is 0 Å². The van der Waals surface area contributed by atoms with Gasteiger partial charge in [-0.2, -0.15) is 0 Å². The number of benzene rings is 1. The Kier molecular flexibility index (Phi) is 5.84. The minimum absolute atomic E-state index is 0.0891. The molecule has 25 heavy (non-hydrogen) atoms. The van der Waals surface area contributed by atoms with Gasteiger partial charge in [0.25, 0.3) is 0 Å². The van der Waals surface area contributed by atoms with Crippen molar-refractivity contribution in [2.45, 2.75) is 19.5 Å². The lowest BCUT2D eigenvalue weighted by Crippen LogP contribution is -2.32. The van der Waals surface area contributed by atoms with Gasteiger partial charge in [-0.3, -0.25) is 5.73 Å². The molecule has 1 aliphatic rings. The highest BCUT2D eigenvalue weighted by atomic mass is 16.7. The Morgan fingerprint density at radius 1 is 1.16 bits per heavy atom. The maximum atomic E-state index is 9.97. The number of nitrogens with zero attached hydrogens (tertiary/aromatic N) is 2. The predicted octanol–water partition coefficient (Wildman–Crippen LogP) is 1.03. The van der Waals surface area contributed by atoms with Crippen molar-refractivity contribution in [2.75, 3.05) is 21.3 Å². The van der Waals surface area contributed by atoms with Crippen LogP contribution < -0.4 is 25.7 Å². The molecule has 2 rings (SSSR count). The molecule has 0 fully saturated rings. The fourth-order valence-electron chi connectivity index (χ4n) is 2.17. The van der Waals surface area contributed by atoms with Gasteiger partial charge in [-0.1, -0.05) is 0 Å². The second-order valence-electron chi connectivity index (χ2n) is 5.11. The van der Waals surface area contributed by atoms with Gasteiger partial charge < -0.3 is 29.8 Å². The summed E-state index contributed by atoms with van der Waals surface area (Å²) >= 11 is 0. The molecule has 1 aromatic rings. The molecule has 0 aliphatic carbocycles. The lowest BCUT2D eigenvalue weighted by atomic mass is 10.1. The summed E-state index contributed by atoms with van der Waals surface area (Å²) < 4.78 is 21.5. The fraction of sp³-hybridized carbons (Fsp3) is 0.375. The van der Waals surface area contributed by atoms with Gasteiger partial charge in [0.2, 0.25) is 11.6 Å². The Hall–Kier alpha value is -2.78. The average Bonchev–Trinajstić information content (AvgIpc) is 2.58. The number of ether oxygens (including phenoxy) is 4. The Morgan fingerprint density at radius 3 is 2.24 bits per heavy atom. The van der Waals surface area contributed by atoms with Gasteiger partial charge >= 0.3 is 0 Å². The van der Waals surface area contributed by atoms with Crippen LogP contribution in [0.25, 0.3) is 6.08 Å². The molecule has 9 nitrogen and oxygen atoms in total. The highest BCUT2D eigenvalue weighted by Crippen LogP contribution is 2.39. The van der Waals surface area contributed by atoms with Crippen molar-refractivity contribution in [2.24, 2.45) is 21.5 Å². The van der Waals surface area contributed by atoms with Crippen LogP contribution in [0.4, 0.5) is 0 Å². The fourth-order valence-corrected chi connectivity index (χ4v) is 2.17. The summed E-state index contributed by atoms with van der Waals surface area (Å²) in [5, 5.41) is 9.97. The zero-order chi connectivity index (χ0) is 18.6. The van der Waals surface area contributed by atoms with Gasteiger partial charge in [0.1, 0.15) is 5.84 Å². The highest BCUT2D eigenvalue weighted by Gasteiger charge is 2.20. The first-order valence-corrected chi connectivity index (χ1v) is 7.43. The number of nitrogens with two attached hydrogens (primary N) is 2. The maximum Gasteiger partial charge on any atom is 0.220 e. The summed E-state index contributed by atoms with van der Waals surface area (Å²) in [6, 6.07) is 3.39. The van der Waals surface area contributed by atoms with E-state index in [0.29, 0.717) is 22.8 Å². The molecule has 1 heterocycles. The van der Waals surface area contributed by atoms with Crippen molar-refractivity contribution in [3.63, 3.8) is 0 Å². The van der Waals surface area contributed by atoms with E-state index in [-0.39, 0.29) is 17.3 Å². The Balaban J connectivity index is 2.48. The van der Waals surface area contributed by atoms with Crippen LogP contribution in [0.3, 0.4) is 0 Å². The molecule has 5 N–H and O–H groups in total. The van der Waals surface area contributed by atoms with Crippen molar-refractivity contribution in [3.8, 4) is 17.2 Å². The van der Waals surface area contributed by atoms with Gasteiger partial charge in [0.15, 0.2) is 24.1 Å². The molecule has 1 aromatic carbocycles. The molecule has 2 atom stereocenters. The SMILES string of the molecule is COc1cc(/C=C2/C(N)=NC(N)N=C2O)cc(OC)c1OC(C)OC. The van der Waals surface area contributed by atoms with Gasteiger partial charge in [-0.05, 0) is 30.7 Å². The lowest BCUT2D eigenvalue weighted by Gasteiger charge is -2.19. The van der Waals surface area contributed by atoms with E-state index in [9.17, 15) is 5.11 Å². The van der Waals surface area contributed by atoms with Crippen molar-refractivity contribution in [3.05, 3.63) is 23.3 Å². The molecule has 0 radical (unpaired) electrons. The number of hydrogen-bond acceptors (Lipinski definition) is 8. The molecule has 0 saturated carbocycles. The first kappa shape index (κ1) is 18.6. The first-order valence-electron chi connectivity index (χ1n) is 7.43. The van der Waals surface area contributed by atoms with E-state index in [1.807, 2.05) is 0 Å². The van der Waals surface area contributed by atoms with E-state index < -0.39 is 12.6 Å². The normalized spacial score (nSPS) is 19.9. The van der Waals surface area contributed by atoms with E-state index >= 15 is 0 Å². The molecular formula is C16H22N4O5. The van der Waals surface area contributed by atoms with Crippen LogP contribution in [0, 0.1) is 0 Å². The van der Waals surface area contributed by atoms with Gasteiger partial charge in [-0.25, -0.2) is 9.98 Å². The first-order chi connectivity index (χ1) is 11.9. The molecule has 0 amide bonds. The number of rotatable bonds is 6. The maximum absolute atomic E-state index is 9.97. The van der Waals surface area contributed by atoms with E-state index in [4.69, 9.17) is 30.4 Å². The Morgan fingerprint density at radius 2 is 1.76 bits per heavy atom. The van der Waals surface area contributed by atoms with Gasteiger partial charge in [0.05, 0.1) is 19.8 Å². The van der Waals surface area contributed by atoms with Crippen LogP contribution in [-0.2, 0) is 4.74 Å². The molecule has 2 unspecified atom stereocenters. The number of methoxy groups -OCH3 is 3. The third kappa shape index (κ3) is 4.20. The lowest BCUT2D eigenvalue weighted by molar-refractivity contribution is -0.0408. The van der Waals surface area contributed by atoms with Crippen LogP contribution in [0.15, 0.2) is 27.7 Å². The number of aliphatic hydroxyl groups is 1. The number of amidine groups is 1. The summed E-state index contributed by atoms with van der Waals surface area (Å²) in [4.78, 5) is 7.69. The van der Waals surface area contributed by atoms with Crippen LogP contribution in [-0.4, -0.2) is 50.7 Å². The van der Waals surface area contributed by atoms with E-state index in [0.717, 1.165) is 0 Å². The third-order valence-electron chi connectivity index (χ3n) is 3.45. The van der Waals surface area contributed by atoms with Gasteiger partial charge in [-0.15, -0.1) is 0 Å². The summed E-state index contributed by atoms with van der Waals surface area (Å²) in [5.41, 5.74) is 12.2. The molecule has 1 aliphatic heterocycles. The minimum Gasteiger partial charge on any atom is -0.493 e. The van der Waals surface area contributed by atoms with Crippen LogP contribution in [0.1, 0.15) is 12.5 Å². The molecular weight excluding hydrogens is 328 g/mol. The standard InChI is InChI=1S/C16H22N4O5/c1-8(22-2)25-13-11(23-3)6-9(7-12(13)24-4)5-10-14(17)19-16(18)20-15(10)21/h5-8,16H,18H2,1-4H3,(H2,17,19)(H,20,21)/b10-5-. The minimum atomic E-state index is -0.910. The number of aliphatic hydroxyl groups excluding tert-OH is 1. The quantitative estimate of drug-likeness (QED) is 0.652. The smallest absolute Gasteiger partial charge is 0.220 e. The molecule has 9 heteroatoms. The molecule has 0 bridgehead atoms. The van der Waals surface area contributed by atoms with Gasteiger partial charge in [0, 0.05) is 7.11 Å². The van der Waals surface area contributed by atoms with E-state index in [1.54, 1.807) is 25.1 Å². The van der Waals surface area contributed by atoms with Crippen molar-refractivity contribution < 1.29 is 24.1 Å². The Labute approximate surface area is 145 Å². The number of hydrogen-bond donors (Lipinski definition) is 3. The second kappa shape index (κ2) is 7.86. The zero-order valence-electron chi connectivity index (χ0n) is 14.5.